The van der Waals surface area contributed by atoms with Gasteiger partial charge in [0, 0.05) is 29.5 Å². The van der Waals surface area contributed by atoms with Crippen LogP contribution in [0.25, 0.3) is 0 Å². The molecule has 2 rings (SSSR count). The molecule has 0 radical (unpaired) electrons. The lowest BCUT2D eigenvalue weighted by Gasteiger charge is -2.08. The molecule has 1 heterocycles. The van der Waals surface area contributed by atoms with Crippen molar-refractivity contribution >= 4 is 23.4 Å². The Hall–Kier alpha value is -0.970. The van der Waals surface area contributed by atoms with Crippen molar-refractivity contribution < 1.29 is 5.11 Å². The third kappa shape index (κ3) is 3.25. The molecule has 1 unspecified atom stereocenters. The van der Waals surface area contributed by atoms with E-state index in [1.165, 1.54) is 0 Å². The quantitative estimate of drug-likeness (QED) is 0.867. The average Bonchev–Trinajstić information content (AvgIpc) is 2.74. The number of benzene rings is 1. The first-order valence-electron chi connectivity index (χ1n) is 5.21. The van der Waals surface area contributed by atoms with Gasteiger partial charge < -0.3 is 5.11 Å². The van der Waals surface area contributed by atoms with Gasteiger partial charge in [-0.05, 0) is 12.1 Å². The lowest BCUT2D eigenvalue weighted by atomic mass is 10.2. The minimum Gasteiger partial charge on any atom is -0.387 e. The Kier molecular flexibility index (Phi) is 4.10. The molecule has 1 N–H and O–H groups in total. The second-order valence-corrected chi connectivity index (χ2v) is 5.17. The summed E-state index contributed by atoms with van der Waals surface area (Å²) in [5, 5.41) is 14.7. The fraction of sp³-hybridized carbons (Fsp3) is 0.250. The van der Waals surface area contributed by atoms with E-state index < -0.39 is 6.10 Å². The summed E-state index contributed by atoms with van der Waals surface area (Å²) in [5.41, 5.74) is 0.826. The second kappa shape index (κ2) is 5.58. The predicted octanol–water partition coefficient (Wildman–Crippen LogP) is 2.90. The van der Waals surface area contributed by atoms with Gasteiger partial charge in [-0.1, -0.05) is 23.7 Å². The van der Waals surface area contributed by atoms with E-state index in [2.05, 4.69) is 5.10 Å². The molecular weight excluding hydrogens is 256 g/mol. The Morgan fingerprint density at radius 2 is 2.24 bits per heavy atom. The average molecular weight is 269 g/mol. The maximum absolute atomic E-state index is 9.97. The standard InChI is InChI=1S/C12H13ClN2OS/c1-15-7-9(6-14-15)11(16)8-17-12-5-3-2-4-10(12)13/h2-7,11,16H,8H2,1H3. The molecule has 1 aromatic heterocycles. The topological polar surface area (TPSA) is 38.0 Å². The molecule has 0 spiro atoms. The molecule has 90 valence electrons. The third-order valence-electron chi connectivity index (χ3n) is 2.34. The van der Waals surface area contributed by atoms with Gasteiger partial charge in [0.15, 0.2) is 0 Å². The molecule has 0 amide bonds. The zero-order valence-electron chi connectivity index (χ0n) is 9.38. The summed E-state index contributed by atoms with van der Waals surface area (Å²) in [6.07, 6.45) is 2.97. The van der Waals surface area contributed by atoms with Crippen LogP contribution in [0, 0.1) is 0 Å². The number of aryl methyl sites for hydroxylation is 1. The van der Waals surface area contributed by atoms with Gasteiger partial charge in [0.25, 0.3) is 0 Å². The van der Waals surface area contributed by atoms with Crippen LogP contribution >= 0.6 is 23.4 Å². The molecule has 3 nitrogen and oxygen atoms in total. The highest BCUT2D eigenvalue weighted by Crippen LogP contribution is 2.29. The SMILES string of the molecule is Cn1cc(C(O)CSc2ccccc2Cl)cn1. The Morgan fingerprint density at radius 1 is 1.47 bits per heavy atom. The van der Waals surface area contributed by atoms with Gasteiger partial charge in [0.1, 0.15) is 0 Å². The van der Waals surface area contributed by atoms with Crippen LogP contribution in [0.1, 0.15) is 11.7 Å². The fourth-order valence-corrected chi connectivity index (χ4v) is 2.65. The van der Waals surface area contributed by atoms with Gasteiger partial charge >= 0.3 is 0 Å². The number of nitrogens with zero attached hydrogens (tertiary/aromatic N) is 2. The lowest BCUT2D eigenvalue weighted by molar-refractivity contribution is 0.204. The highest BCUT2D eigenvalue weighted by atomic mass is 35.5. The van der Waals surface area contributed by atoms with Gasteiger partial charge in [0.05, 0.1) is 17.3 Å². The molecule has 0 bridgehead atoms. The molecule has 2 aromatic rings. The first-order valence-corrected chi connectivity index (χ1v) is 6.57. The van der Waals surface area contributed by atoms with Crippen molar-refractivity contribution in [2.45, 2.75) is 11.0 Å². The van der Waals surface area contributed by atoms with E-state index in [0.29, 0.717) is 5.75 Å². The largest absolute Gasteiger partial charge is 0.387 e. The van der Waals surface area contributed by atoms with Crippen LogP contribution in [0.2, 0.25) is 5.02 Å². The first-order chi connectivity index (χ1) is 8.16. The predicted molar refractivity (Wildman–Crippen MR) is 70.3 cm³/mol. The number of aliphatic hydroxyl groups excluding tert-OH is 1. The molecule has 1 atom stereocenters. The molecular formula is C12H13ClN2OS. The highest BCUT2D eigenvalue weighted by molar-refractivity contribution is 7.99. The summed E-state index contributed by atoms with van der Waals surface area (Å²) in [6.45, 7) is 0. The van der Waals surface area contributed by atoms with Gasteiger partial charge in [0.2, 0.25) is 0 Å². The van der Waals surface area contributed by atoms with Crippen molar-refractivity contribution in [3.63, 3.8) is 0 Å². The molecule has 0 aliphatic rings. The molecule has 0 saturated carbocycles. The molecule has 0 aliphatic heterocycles. The molecule has 0 aliphatic carbocycles. The molecule has 5 heteroatoms. The van der Waals surface area contributed by atoms with Crippen molar-refractivity contribution in [2.24, 2.45) is 7.05 Å². The monoisotopic (exact) mass is 268 g/mol. The first kappa shape index (κ1) is 12.5. The summed E-state index contributed by atoms with van der Waals surface area (Å²) in [4.78, 5) is 0.983. The van der Waals surface area contributed by atoms with E-state index in [0.717, 1.165) is 15.5 Å². The number of hydrogen-bond donors (Lipinski definition) is 1. The van der Waals surface area contributed by atoms with E-state index in [4.69, 9.17) is 11.6 Å². The van der Waals surface area contributed by atoms with Crippen LogP contribution in [-0.4, -0.2) is 20.6 Å². The smallest absolute Gasteiger partial charge is 0.0914 e. The summed E-state index contributed by atoms with van der Waals surface area (Å²) in [5.74, 6) is 0.565. The van der Waals surface area contributed by atoms with Crippen molar-refractivity contribution in [1.29, 1.82) is 0 Å². The zero-order valence-corrected chi connectivity index (χ0v) is 10.9. The molecule has 17 heavy (non-hydrogen) atoms. The van der Waals surface area contributed by atoms with E-state index in [9.17, 15) is 5.11 Å². The van der Waals surface area contributed by atoms with E-state index in [1.807, 2.05) is 37.5 Å². The number of aromatic nitrogens is 2. The summed E-state index contributed by atoms with van der Waals surface area (Å²) in [7, 11) is 1.83. The van der Waals surface area contributed by atoms with E-state index >= 15 is 0 Å². The van der Waals surface area contributed by atoms with E-state index in [-0.39, 0.29) is 0 Å². The second-order valence-electron chi connectivity index (χ2n) is 3.70. The number of thioether (sulfide) groups is 1. The van der Waals surface area contributed by atoms with Gasteiger partial charge in [-0.25, -0.2) is 0 Å². The third-order valence-corrected chi connectivity index (χ3v) is 3.93. The fourth-order valence-electron chi connectivity index (χ4n) is 1.44. The maximum Gasteiger partial charge on any atom is 0.0914 e. The lowest BCUT2D eigenvalue weighted by Crippen LogP contribution is -1.99. The zero-order chi connectivity index (χ0) is 12.3. The summed E-state index contributed by atoms with van der Waals surface area (Å²) < 4.78 is 1.68. The van der Waals surface area contributed by atoms with Crippen molar-refractivity contribution in [2.75, 3.05) is 5.75 Å². The van der Waals surface area contributed by atoms with Gasteiger partial charge in [-0.2, -0.15) is 5.10 Å². The van der Waals surface area contributed by atoms with Crippen LogP contribution in [0.5, 0.6) is 0 Å². The van der Waals surface area contributed by atoms with Crippen molar-refractivity contribution in [3.05, 3.63) is 47.2 Å². The molecule has 0 saturated heterocycles. The molecule has 0 fully saturated rings. The Morgan fingerprint density at radius 3 is 2.88 bits per heavy atom. The van der Waals surface area contributed by atoms with Crippen LogP contribution in [0.4, 0.5) is 0 Å². The van der Waals surface area contributed by atoms with Crippen LogP contribution in [0.15, 0.2) is 41.6 Å². The number of hydrogen-bond acceptors (Lipinski definition) is 3. The van der Waals surface area contributed by atoms with Crippen LogP contribution in [0.3, 0.4) is 0 Å². The number of halogens is 1. The van der Waals surface area contributed by atoms with Crippen LogP contribution < -0.4 is 0 Å². The Labute approximate surface area is 109 Å². The van der Waals surface area contributed by atoms with Gasteiger partial charge in [-0.3, -0.25) is 4.68 Å². The normalized spacial score (nSPS) is 12.6. The number of rotatable bonds is 4. The summed E-state index contributed by atoms with van der Waals surface area (Å²) in [6, 6.07) is 7.62. The minimum atomic E-state index is -0.523. The van der Waals surface area contributed by atoms with Gasteiger partial charge in [-0.15, -0.1) is 11.8 Å². The summed E-state index contributed by atoms with van der Waals surface area (Å²) >= 11 is 7.58. The Balaban J connectivity index is 1.97. The maximum atomic E-state index is 9.97. The van der Waals surface area contributed by atoms with Crippen molar-refractivity contribution in [1.82, 2.24) is 9.78 Å². The number of aliphatic hydroxyl groups is 1. The Bertz CT molecular complexity index is 501. The molecule has 1 aromatic carbocycles. The highest BCUT2D eigenvalue weighted by Gasteiger charge is 2.10. The minimum absolute atomic E-state index is 0.523. The van der Waals surface area contributed by atoms with Crippen molar-refractivity contribution in [3.8, 4) is 0 Å². The van der Waals surface area contributed by atoms with Crippen LogP contribution in [-0.2, 0) is 7.05 Å². The van der Waals surface area contributed by atoms with E-state index in [1.54, 1.807) is 22.6 Å².